The minimum Gasteiger partial charge on any atom is -0.494 e. The van der Waals surface area contributed by atoms with Crippen molar-refractivity contribution in [3.8, 4) is 5.88 Å². The first-order valence-electron chi connectivity index (χ1n) is 3.30. The van der Waals surface area contributed by atoms with E-state index in [9.17, 15) is 9.59 Å². The minimum absolute atomic E-state index is 0.0119. The third kappa shape index (κ3) is 1.54. The number of aliphatic hydroxyl groups excluding tert-OH is 1. The Morgan fingerprint density at radius 1 is 1.25 bits per heavy atom. The van der Waals surface area contributed by atoms with Crippen LogP contribution in [-0.2, 0) is 6.42 Å². The summed E-state index contributed by atoms with van der Waals surface area (Å²) in [7, 11) is 0. The summed E-state index contributed by atoms with van der Waals surface area (Å²) in [6, 6.07) is 0. The molecule has 12 heavy (non-hydrogen) atoms. The van der Waals surface area contributed by atoms with Crippen LogP contribution in [0.15, 0.2) is 9.59 Å². The van der Waals surface area contributed by atoms with Crippen molar-refractivity contribution in [2.45, 2.75) is 6.42 Å². The maximum Gasteiger partial charge on any atom is 0.328 e. The lowest BCUT2D eigenvalue weighted by Gasteiger charge is -1.98. The largest absolute Gasteiger partial charge is 0.494 e. The molecule has 6 nitrogen and oxygen atoms in total. The van der Waals surface area contributed by atoms with Crippen LogP contribution in [0.2, 0.25) is 0 Å². The van der Waals surface area contributed by atoms with Gasteiger partial charge < -0.3 is 10.2 Å². The van der Waals surface area contributed by atoms with Gasteiger partial charge in [-0.1, -0.05) is 0 Å². The van der Waals surface area contributed by atoms with E-state index in [1.807, 2.05) is 9.97 Å². The second kappa shape index (κ2) is 3.22. The number of nitrogens with one attached hydrogen (secondary N) is 2. The van der Waals surface area contributed by atoms with Crippen LogP contribution in [0.5, 0.6) is 5.88 Å². The van der Waals surface area contributed by atoms with Crippen LogP contribution in [0.4, 0.5) is 0 Å². The highest BCUT2D eigenvalue weighted by molar-refractivity contribution is 5.20. The van der Waals surface area contributed by atoms with Crippen molar-refractivity contribution in [1.29, 1.82) is 0 Å². The second-order valence-corrected chi connectivity index (χ2v) is 2.21. The molecule has 0 aliphatic rings. The Morgan fingerprint density at radius 2 is 1.92 bits per heavy atom. The molecule has 4 N–H and O–H groups in total. The van der Waals surface area contributed by atoms with Crippen molar-refractivity contribution in [2.75, 3.05) is 6.61 Å². The van der Waals surface area contributed by atoms with Crippen molar-refractivity contribution in [3.63, 3.8) is 0 Å². The Hall–Kier alpha value is -1.56. The zero-order chi connectivity index (χ0) is 9.14. The van der Waals surface area contributed by atoms with Crippen LogP contribution < -0.4 is 11.2 Å². The van der Waals surface area contributed by atoms with Crippen LogP contribution in [0, 0.1) is 0 Å². The second-order valence-electron chi connectivity index (χ2n) is 2.21. The molecule has 1 heterocycles. The first-order valence-corrected chi connectivity index (χ1v) is 3.30. The minimum atomic E-state index is -0.765. The van der Waals surface area contributed by atoms with Gasteiger partial charge in [-0.05, 0) is 0 Å². The van der Waals surface area contributed by atoms with Crippen LogP contribution in [-0.4, -0.2) is 26.8 Å². The van der Waals surface area contributed by atoms with E-state index in [-0.39, 0.29) is 18.6 Å². The summed E-state index contributed by atoms with van der Waals surface area (Å²) in [5.74, 6) is -0.488. The fraction of sp³-hybridized carbons (Fsp3) is 0.333. The van der Waals surface area contributed by atoms with Gasteiger partial charge in [0.15, 0.2) is 0 Å². The van der Waals surface area contributed by atoms with Crippen molar-refractivity contribution >= 4 is 0 Å². The lowest BCUT2D eigenvalue weighted by atomic mass is 10.2. The predicted octanol–water partition coefficient (Wildman–Crippen LogP) is -1.70. The summed E-state index contributed by atoms with van der Waals surface area (Å²) in [5, 5.41) is 17.5. The average Bonchev–Trinajstić information content (AvgIpc) is 1.96. The van der Waals surface area contributed by atoms with Gasteiger partial charge in [0, 0.05) is 13.0 Å². The lowest BCUT2D eigenvalue weighted by Crippen LogP contribution is -2.25. The zero-order valence-electron chi connectivity index (χ0n) is 6.13. The van der Waals surface area contributed by atoms with Gasteiger partial charge >= 0.3 is 5.69 Å². The van der Waals surface area contributed by atoms with Crippen molar-refractivity contribution in [3.05, 3.63) is 26.4 Å². The molecule has 0 unspecified atom stereocenters. The van der Waals surface area contributed by atoms with Gasteiger partial charge in [-0.15, -0.1) is 0 Å². The standard InChI is InChI=1S/C6H8N2O4/c9-2-1-3-4(10)7-6(12)8-5(3)11/h9H,1-2H2,(H3,7,8,10,11,12). The van der Waals surface area contributed by atoms with E-state index in [4.69, 9.17) is 10.2 Å². The molecule has 0 aromatic carbocycles. The lowest BCUT2D eigenvalue weighted by molar-refractivity contribution is 0.296. The fourth-order valence-electron chi connectivity index (χ4n) is 0.844. The number of aliphatic hydroxyl groups is 1. The highest BCUT2D eigenvalue weighted by Gasteiger charge is 2.06. The zero-order valence-corrected chi connectivity index (χ0v) is 6.13. The Balaban J connectivity index is 3.29. The molecule has 66 valence electrons. The van der Waals surface area contributed by atoms with Crippen molar-refractivity contribution in [1.82, 2.24) is 9.97 Å². The SMILES string of the molecule is O=c1[nH]c(O)c(CCO)c(=O)[nH]1. The molecule has 0 saturated carbocycles. The van der Waals surface area contributed by atoms with Gasteiger partial charge in [-0.2, -0.15) is 0 Å². The van der Waals surface area contributed by atoms with Gasteiger partial charge in [-0.3, -0.25) is 14.8 Å². The molecule has 0 radical (unpaired) electrons. The Bertz CT molecular complexity index is 378. The summed E-state index contributed by atoms with van der Waals surface area (Å²) in [4.78, 5) is 25.4. The number of aromatic amines is 2. The van der Waals surface area contributed by atoms with Crippen molar-refractivity contribution < 1.29 is 10.2 Å². The van der Waals surface area contributed by atoms with E-state index in [2.05, 4.69) is 0 Å². The molecule has 0 fully saturated rings. The molecule has 1 aromatic rings. The van der Waals surface area contributed by atoms with Gasteiger partial charge in [0.2, 0.25) is 5.88 Å². The predicted molar refractivity (Wildman–Crippen MR) is 40.1 cm³/mol. The number of hydrogen-bond acceptors (Lipinski definition) is 4. The van der Waals surface area contributed by atoms with Crippen molar-refractivity contribution in [2.24, 2.45) is 0 Å². The molecule has 0 aliphatic carbocycles. The van der Waals surface area contributed by atoms with E-state index in [1.165, 1.54) is 0 Å². The van der Waals surface area contributed by atoms with E-state index >= 15 is 0 Å². The van der Waals surface area contributed by atoms with Crippen LogP contribution in [0.1, 0.15) is 5.56 Å². The van der Waals surface area contributed by atoms with Gasteiger partial charge in [-0.25, -0.2) is 4.79 Å². The highest BCUT2D eigenvalue weighted by Crippen LogP contribution is 2.03. The van der Waals surface area contributed by atoms with Crippen LogP contribution in [0.3, 0.4) is 0 Å². The normalized spacial score (nSPS) is 10.1. The Labute approximate surface area is 66.5 Å². The summed E-state index contributed by atoms with van der Waals surface area (Å²) < 4.78 is 0. The number of aromatic hydroxyl groups is 1. The molecule has 6 heteroatoms. The fourth-order valence-corrected chi connectivity index (χ4v) is 0.844. The topological polar surface area (TPSA) is 106 Å². The van der Waals surface area contributed by atoms with Gasteiger partial charge in [0.05, 0.1) is 5.56 Å². The first kappa shape index (κ1) is 8.54. The maximum atomic E-state index is 10.9. The molecule has 0 amide bonds. The molecule has 0 aliphatic heterocycles. The Kier molecular flexibility index (Phi) is 2.29. The number of aromatic nitrogens is 2. The van der Waals surface area contributed by atoms with E-state index in [0.717, 1.165) is 0 Å². The van der Waals surface area contributed by atoms with E-state index < -0.39 is 17.1 Å². The summed E-state index contributed by atoms with van der Waals surface area (Å²) in [6.45, 7) is -0.261. The molecule has 0 atom stereocenters. The third-order valence-electron chi connectivity index (χ3n) is 1.38. The molecular formula is C6H8N2O4. The Morgan fingerprint density at radius 3 is 2.42 bits per heavy atom. The molecule has 0 spiro atoms. The summed E-state index contributed by atoms with van der Waals surface area (Å²) >= 11 is 0. The quantitative estimate of drug-likeness (QED) is 0.426. The third-order valence-corrected chi connectivity index (χ3v) is 1.38. The monoisotopic (exact) mass is 172 g/mol. The molecule has 0 bridgehead atoms. The molecular weight excluding hydrogens is 164 g/mol. The average molecular weight is 172 g/mol. The maximum absolute atomic E-state index is 10.9. The number of rotatable bonds is 2. The first-order chi connectivity index (χ1) is 5.65. The highest BCUT2D eigenvalue weighted by atomic mass is 16.3. The molecule has 1 rings (SSSR count). The van der Waals surface area contributed by atoms with Crippen LogP contribution >= 0.6 is 0 Å². The van der Waals surface area contributed by atoms with Gasteiger partial charge in [0.1, 0.15) is 0 Å². The summed E-state index contributed by atoms with van der Waals surface area (Å²) in [5.41, 5.74) is -1.46. The smallest absolute Gasteiger partial charge is 0.328 e. The van der Waals surface area contributed by atoms with E-state index in [1.54, 1.807) is 0 Å². The summed E-state index contributed by atoms with van der Waals surface area (Å²) in [6.07, 6.45) is 0.0119. The van der Waals surface area contributed by atoms with Crippen LogP contribution in [0.25, 0.3) is 0 Å². The molecule has 1 aromatic heterocycles. The van der Waals surface area contributed by atoms with Gasteiger partial charge in [0.25, 0.3) is 5.56 Å². The number of hydrogen-bond donors (Lipinski definition) is 4. The number of H-pyrrole nitrogens is 2. The van der Waals surface area contributed by atoms with E-state index in [0.29, 0.717) is 0 Å². The molecule has 0 saturated heterocycles.